The van der Waals surface area contributed by atoms with Gasteiger partial charge in [0.2, 0.25) is 0 Å². The fourth-order valence-corrected chi connectivity index (χ4v) is 4.22. The summed E-state index contributed by atoms with van der Waals surface area (Å²) in [6, 6.07) is 9.41. The third-order valence-electron chi connectivity index (χ3n) is 5.89. The average Bonchev–Trinajstić information content (AvgIpc) is 3.29. The molecule has 0 aliphatic heterocycles. The van der Waals surface area contributed by atoms with E-state index in [-0.39, 0.29) is 24.5 Å². The lowest BCUT2D eigenvalue weighted by Gasteiger charge is -2.30. The zero-order valence-electron chi connectivity index (χ0n) is 18.4. The van der Waals surface area contributed by atoms with Crippen molar-refractivity contribution in [3.8, 4) is 11.4 Å². The summed E-state index contributed by atoms with van der Waals surface area (Å²) in [6.07, 6.45) is 8.77. The number of nitrogens with zero attached hydrogens (tertiary/aromatic N) is 4. The van der Waals surface area contributed by atoms with Crippen LogP contribution in [0.15, 0.2) is 55.2 Å². The maximum absolute atomic E-state index is 14.5. The van der Waals surface area contributed by atoms with Crippen molar-refractivity contribution in [1.82, 2.24) is 30.2 Å². The quantitative estimate of drug-likeness (QED) is 0.394. The molecule has 1 aliphatic carbocycles. The lowest BCUT2D eigenvalue weighted by molar-refractivity contribution is 0.132. The minimum absolute atomic E-state index is 0.0447. The van der Waals surface area contributed by atoms with Crippen LogP contribution in [0.25, 0.3) is 22.4 Å². The molecular weight excluding hydrogens is 437 g/mol. The monoisotopic (exact) mass is 461 g/mol. The fraction of sp³-hybridized carbons (Fsp3) is 0.292. The van der Waals surface area contributed by atoms with Crippen molar-refractivity contribution in [2.75, 3.05) is 5.32 Å². The molecule has 1 amide bonds. The highest BCUT2D eigenvalue weighted by molar-refractivity contribution is 5.90. The number of ether oxygens (including phenoxy) is 1. The Hall–Kier alpha value is -4.08. The zero-order chi connectivity index (χ0) is 23.3. The van der Waals surface area contributed by atoms with Crippen LogP contribution in [-0.2, 0) is 11.3 Å². The summed E-state index contributed by atoms with van der Waals surface area (Å²) in [5.74, 6) is -0.0226. The molecule has 1 saturated carbocycles. The second kappa shape index (κ2) is 9.82. The highest BCUT2D eigenvalue weighted by Gasteiger charge is 2.25. The molecule has 0 radical (unpaired) electrons. The Morgan fingerprint density at radius 3 is 2.88 bits per heavy atom. The van der Waals surface area contributed by atoms with E-state index in [1.165, 1.54) is 6.33 Å². The lowest BCUT2D eigenvalue weighted by Crippen LogP contribution is -2.42. The number of halogens is 1. The van der Waals surface area contributed by atoms with E-state index in [0.717, 1.165) is 36.4 Å². The Bertz CT molecular complexity index is 1280. The minimum atomic E-state index is -0.530. The molecule has 1 aliphatic rings. The SMILES string of the molecule is O=C(N[C@H]1CCC[C@@H](Nc2nc(-c3c[nH]c4ncncc34)ncc2F)C1)OCc1ccccc1. The van der Waals surface area contributed by atoms with Gasteiger partial charge in [-0.15, -0.1) is 0 Å². The number of alkyl carbamates (subject to hydrolysis) is 1. The van der Waals surface area contributed by atoms with Gasteiger partial charge in [-0.1, -0.05) is 30.3 Å². The summed E-state index contributed by atoms with van der Waals surface area (Å²) in [4.78, 5) is 32.1. The van der Waals surface area contributed by atoms with Crippen LogP contribution < -0.4 is 10.6 Å². The average molecular weight is 462 g/mol. The van der Waals surface area contributed by atoms with Crippen molar-refractivity contribution in [2.24, 2.45) is 0 Å². The van der Waals surface area contributed by atoms with E-state index >= 15 is 0 Å². The molecule has 0 bridgehead atoms. The summed E-state index contributed by atoms with van der Waals surface area (Å²) in [5.41, 5.74) is 2.29. The Morgan fingerprint density at radius 2 is 2.00 bits per heavy atom. The van der Waals surface area contributed by atoms with Crippen LogP contribution in [0, 0.1) is 5.82 Å². The van der Waals surface area contributed by atoms with Crippen molar-refractivity contribution >= 4 is 22.9 Å². The van der Waals surface area contributed by atoms with Crippen molar-refractivity contribution < 1.29 is 13.9 Å². The first-order chi connectivity index (χ1) is 16.7. The van der Waals surface area contributed by atoms with Gasteiger partial charge in [-0.2, -0.15) is 0 Å². The Morgan fingerprint density at radius 1 is 1.15 bits per heavy atom. The first-order valence-corrected chi connectivity index (χ1v) is 11.2. The third kappa shape index (κ3) is 4.95. The smallest absolute Gasteiger partial charge is 0.407 e. The maximum atomic E-state index is 14.5. The van der Waals surface area contributed by atoms with Crippen molar-refractivity contribution in [1.29, 1.82) is 0 Å². The second-order valence-electron chi connectivity index (χ2n) is 8.29. The van der Waals surface area contributed by atoms with Gasteiger partial charge >= 0.3 is 6.09 Å². The van der Waals surface area contributed by atoms with Crippen molar-refractivity contribution in [3.63, 3.8) is 0 Å². The van der Waals surface area contributed by atoms with Gasteiger partial charge < -0.3 is 20.4 Å². The van der Waals surface area contributed by atoms with Gasteiger partial charge in [0, 0.05) is 35.4 Å². The standard InChI is InChI=1S/C24H24FN7O2/c25-20-12-28-22(19-11-27-21-18(19)10-26-14-29-21)32-23(20)30-16-7-4-8-17(9-16)31-24(33)34-13-15-5-2-1-3-6-15/h1-3,5-6,10-12,14,16-17H,4,7-9,13H2,(H,31,33)(H,26,27,29)(H,28,30,32)/t16-,17+/m1/s1. The molecule has 1 fully saturated rings. The summed E-state index contributed by atoms with van der Waals surface area (Å²) < 4.78 is 19.9. The van der Waals surface area contributed by atoms with E-state index in [1.54, 1.807) is 12.4 Å². The first-order valence-electron chi connectivity index (χ1n) is 11.2. The number of carbonyl (C=O) groups excluding carboxylic acids is 1. The number of hydrogen-bond donors (Lipinski definition) is 3. The summed E-state index contributed by atoms with van der Waals surface area (Å²) in [6.45, 7) is 0.217. The molecule has 5 rings (SSSR count). The molecule has 9 nitrogen and oxygen atoms in total. The number of amides is 1. The van der Waals surface area contributed by atoms with Gasteiger partial charge in [-0.05, 0) is 31.2 Å². The number of H-pyrrole nitrogens is 1. The fourth-order valence-electron chi connectivity index (χ4n) is 4.22. The predicted molar refractivity (Wildman–Crippen MR) is 124 cm³/mol. The molecule has 10 heteroatoms. The van der Waals surface area contributed by atoms with Gasteiger partial charge in [0.15, 0.2) is 17.5 Å². The Labute approximate surface area is 195 Å². The molecular formula is C24H24FN7O2. The predicted octanol–water partition coefficient (Wildman–Crippen LogP) is 4.20. The van der Waals surface area contributed by atoms with Gasteiger partial charge in [0.25, 0.3) is 0 Å². The molecule has 3 N–H and O–H groups in total. The summed E-state index contributed by atoms with van der Waals surface area (Å²) in [7, 11) is 0. The van der Waals surface area contributed by atoms with Crippen LogP contribution in [0.3, 0.4) is 0 Å². The molecule has 0 spiro atoms. The van der Waals surface area contributed by atoms with Gasteiger partial charge in [-0.3, -0.25) is 0 Å². The molecule has 174 valence electrons. The number of carbonyl (C=O) groups is 1. The molecule has 2 atom stereocenters. The lowest BCUT2D eigenvalue weighted by atomic mass is 9.91. The Kier molecular flexibility index (Phi) is 6.28. The number of anilines is 1. The molecule has 1 aromatic carbocycles. The van der Waals surface area contributed by atoms with E-state index in [0.29, 0.717) is 23.5 Å². The van der Waals surface area contributed by atoms with Crippen LogP contribution >= 0.6 is 0 Å². The molecule has 34 heavy (non-hydrogen) atoms. The zero-order valence-corrected chi connectivity index (χ0v) is 18.4. The number of fused-ring (bicyclic) bond motifs is 1. The van der Waals surface area contributed by atoms with Gasteiger partial charge in [0.05, 0.1) is 6.20 Å². The van der Waals surface area contributed by atoms with Crippen LogP contribution in [0.2, 0.25) is 0 Å². The van der Waals surface area contributed by atoms with Crippen LogP contribution in [0.4, 0.5) is 15.0 Å². The topological polar surface area (TPSA) is 118 Å². The molecule has 3 heterocycles. The van der Waals surface area contributed by atoms with E-state index in [4.69, 9.17) is 4.74 Å². The van der Waals surface area contributed by atoms with Crippen molar-refractivity contribution in [2.45, 2.75) is 44.4 Å². The minimum Gasteiger partial charge on any atom is -0.445 e. The van der Waals surface area contributed by atoms with E-state index in [2.05, 4.69) is 35.6 Å². The number of aromatic amines is 1. The van der Waals surface area contributed by atoms with E-state index in [1.807, 2.05) is 30.3 Å². The largest absolute Gasteiger partial charge is 0.445 e. The molecule has 0 unspecified atom stereocenters. The van der Waals surface area contributed by atoms with Crippen LogP contribution in [0.5, 0.6) is 0 Å². The van der Waals surface area contributed by atoms with Crippen LogP contribution in [0.1, 0.15) is 31.2 Å². The van der Waals surface area contributed by atoms with Crippen LogP contribution in [-0.4, -0.2) is 43.1 Å². The number of hydrogen-bond acceptors (Lipinski definition) is 7. The van der Waals surface area contributed by atoms with E-state index < -0.39 is 11.9 Å². The molecule has 3 aromatic heterocycles. The third-order valence-corrected chi connectivity index (χ3v) is 5.89. The van der Waals surface area contributed by atoms with Gasteiger partial charge in [-0.25, -0.2) is 29.1 Å². The maximum Gasteiger partial charge on any atom is 0.407 e. The highest BCUT2D eigenvalue weighted by atomic mass is 19.1. The summed E-state index contributed by atoms with van der Waals surface area (Å²) in [5, 5.41) is 6.89. The number of rotatable bonds is 6. The number of aromatic nitrogens is 5. The normalized spacial score (nSPS) is 17.9. The summed E-state index contributed by atoms with van der Waals surface area (Å²) >= 11 is 0. The highest BCUT2D eigenvalue weighted by Crippen LogP contribution is 2.27. The van der Waals surface area contributed by atoms with Crippen molar-refractivity contribution in [3.05, 3.63) is 66.6 Å². The second-order valence-corrected chi connectivity index (χ2v) is 8.29. The van der Waals surface area contributed by atoms with Gasteiger partial charge in [0.1, 0.15) is 18.6 Å². The number of nitrogens with one attached hydrogen (secondary N) is 3. The Balaban J connectivity index is 1.22. The van der Waals surface area contributed by atoms with E-state index in [9.17, 15) is 9.18 Å². The first kappa shape index (κ1) is 21.7. The molecule has 4 aromatic rings. The molecule has 0 saturated heterocycles. The number of benzene rings is 1.